The fourth-order valence-corrected chi connectivity index (χ4v) is 1.86. The number of nitrogens with one attached hydrogen (secondary N) is 1. The molecule has 0 unspecified atom stereocenters. The second kappa shape index (κ2) is 3.34. The van der Waals surface area contributed by atoms with Crippen molar-refractivity contribution in [1.29, 1.82) is 0 Å². The Bertz CT molecular complexity index is 420. The summed E-state index contributed by atoms with van der Waals surface area (Å²) in [5, 5.41) is 1.27. The lowest BCUT2D eigenvalue weighted by molar-refractivity contribution is 0.974. The van der Waals surface area contributed by atoms with Crippen molar-refractivity contribution in [3.63, 3.8) is 0 Å². The van der Waals surface area contributed by atoms with Gasteiger partial charge in [-0.25, -0.2) is 0 Å². The first-order chi connectivity index (χ1) is 6.35. The molecular formula is C10H12N2S. The molecule has 0 atom stereocenters. The zero-order valence-corrected chi connectivity index (χ0v) is 8.56. The Balaban J connectivity index is 2.64. The molecule has 0 spiro atoms. The second-order valence-corrected chi connectivity index (χ2v) is 3.71. The summed E-state index contributed by atoms with van der Waals surface area (Å²) in [5.41, 5.74) is 4.34. The van der Waals surface area contributed by atoms with E-state index in [0.717, 1.165) is 0 Å². The molecule has 1 aromatic heterocycles. The Morgan fingerprint density at radius 2 is 2.15 bits per heavy atom. The van der Waals surface area contributed by atoms with Crippen molar-refractivity contribution < 1.29 is 0 Å². The van der Waals surface area contributed by atoms with Crippen molar-refractivity contribution in [3.05, 3.63) is 30.5 Å². The fraction of sp³-hybridized carbons (Fsp3) is 0.200. The van der Waals surface area contributed by atoms with E-state index in [-0.39, 0.29) is 0 Å². The largest absolute Gasteiger partial charge is 0.329 e. The summed E-state index contributed by atoms with van der Waals surface area (Å²) in [5.74, 6) is 0. The van der Waals surface area contributed by atoms with Gasteiger partial charge in [0.1, 0.15) is 0 Å². The van der Waals surface area contributed by atoms with Crippen LogP contribution in [0.4, 0.5) is 0 Å². The number of nitrogens with zero attached hydrogens (tertiary/aromatic N) is 1. The lowest BCUT2D eigenvalue weighted by Gasteiger charge is -2.03. The highest BCUT2D eigenvalue weighted by atomic mass is 32.2. The van der Waals surface area contributed by atoms with E-state index in [4.69, 9.17) is 0 Å². The van der Waals surface area contributed by atoms with Gasteiger partial charge in [0.15, 0.2) is 0 Å². The van der Waals surface area contributed by atoms with E-state index in [9.17, 15) is 0 Å². The van der Waals surface area contributed by atoms with Crippen molar-refractivity contribution in [1.82, 2.24) is 4.68 Å². The van der Waals surface area contributed by atoms with Gasteiger partial charge in [0.25, 0.3) is 0 Å². The van der Waals surface area contributed by atoms with Gasteiger partial charge in [-0.1, -0.05) is 6.07 Å². The molecule has 0 aliphatic heterocycles. The Hall–Kier alpha value is -1.09. The minimum absolute atomic E-state index is 1.23. The number of hydrogen-bond acceptors (Lipinski definition) is 2. The standard InChI is InChI=1S/C10H12N2S/c1-11-12-6-5-8-3-4-9(13-2)7-10(8)12/h3-7,11H,1-2H3. The van der Waals surface area contributed by atoms with Gasteiger partial charge < -0.3 is 5.43 Å². The van der Waals surface area contributed by atoms with E-state index in [1.165, 1.54) is 15.8 Å². The molecule has 0 aliphatic rings. The Labute approximate surface area is 81.9 Å². The Morgan fingerprint density at radius 3 is 2.85 bits per heavy atom. The molecule has 2 rings (SSSR count). The predicted molar refractivity (Wildman–Crippen MR) is 59.0 cm³/mol. The minimum atomic E-state index is 1.23. The maximum absolute atomic E-state index is 3.11. The van der Waals surface area contributed by atoms with Gasteiger partial charge in [0.2, 0.25) is 0 Å². The third kappa shape index (κ3) is 1.40. The summed E-state index contributed by atoms with van der Waals surface area (Å²) in [7, 11) is 1.92. The molecule has 0 fully saturated rings. The third-order valence-corrected chi connectivity index (χ3v) is 2.87. The van der Waals surface area contributed by atoms with Crippen LogP contribution in [0.25, 0.3) is 10.9 Å². The van der Waals surface area contributed by atoms with E-state index in [1.54, 1.807) is 11.8 Å². The molecule has 1 aromatic carbocycles. The summed E-state index contributed by atoms with van der Waals surface area (Å²) in [6.07, 6.45) is 4.13. The van der Waals surface area contributed by atoms with E-state index in [0.29, 0.717) is 0 Å². The van der Waals surface area contributed by atoms with E-state index < -0.39 is 0 Å². The quantitative estimate of drug-likeness (QED) is 0.736. The van der Waals surface area contributed by atoms with Crippen LogP contribution in [0.2, 0.25) is 0 Å². The molecule has 0 amide bonds. The minimum Gasteiger partial charge on any atom is -0.329 e. The van der Waals surface area contributed by atoms with Crippen molar-refractivity contribution >= 4 is 22.7 Å². The lowest BCUT2D eigenvalue weighted by atomic mass is 10.2. The normalized spacial score (nSPS) is 10.6. The van der Waals surface area contributed by atoms with Crippen molar-refractivity contribution in [2.45, 2.75) is 4.90 Å². The van der Waals surface area contributed by atoms with Gasteiger partial charge in [-0.15, -0.1) is 11.8 Å². The molecule has 2 nitrogen and oxygen atoms in total. The molecule has 2 aromatic rings. The average molecular weight is 192 g/mol. The van der Waals surface area contributed by atoms with Crippen LogP contribution >= 0.6 is 11.8 Å². The molecule has 0 saturated heterocycles. The van der Waals surface area contributed by atoms with Gasteiger partial charge >= 0.3 is 0 Å². The number of benzene rings is 1. The topological polar surface area (TPSA) is 17.0 Å². The smallest absolute Gasteiger partial charge is 0.0703 e. The van der Waals surface area contributed by atoms with Crippen molar-refractivity contribution in [2.75, 3.05) is 18.7 Å². The zero-order valence-electron chi connectivity index (χ0n) is 7.74. The van der Waals surface area contributed by atoms with E-state index in [1.807, 2.05) is 17.9 Å². The number of aromatic nitrogens is 1. The highest BCUT2D eigenvalue weighted by Crippen LogP contribution is 2.21. The first kappa shape index (κ1) is 8.51. The number of thioether (sulfide) groups is 1. The highest BCUT2D eigenvalue weighted by Gasteiger charge is 1.99. The van der Waals surface area contributed by atoms with Gasteiger partial charge in [0.05, 0.1) is 5.52 Å². The molecular weight excluding hydrogens is 180 g/mol. The molecule has 13 heavy (non-hydrogen) atoms. The lowest BCUT2D eigenvalue weighted by Crippen LogP contribution is -2.05. The SMILES string of the molecule is CNn1ccc2ccc(SC)cc21. The first-order valence-electron chi connectivity index (χ1n) is 4.18. The third-order valence-electron chi connectivity index (χ3n) is 2.14. The van der Waals surface area contributed by atoms with Crippen LogP contribution in [0.1, 0.15) is 0 Å². The van der Waals surface area contributed by atoms with Crippen LogP contribution < -0.4 is 5.43 Å². The molecule has 0 radical (unpaired) electrons. The number of rotatable bonds is 2. The van der Waals surface area contributed by atoms with E-state index >= 15 is 0 Å². The van der Waals surface area contributed by atoms with Crippen molar-refractivity contribution in [2.24, 2.45) is 0 Å². The van der Waals surface area contributed by atoms with Gasteiger partial charge in [-0.3, -0.25) is 4.68 Å². The van der Waals surface area contributed by atoms with Gasteiger partial charge in [-0.2, -0.15) is 0 Å². The summed E-state index contributed by atoms with van der Waals surface area (Å²) >= 11 is 1.77. The van der Waals surface area contributed by atoms with Crippen LogP contribution in [0.5, 0.6) is 0 Å². The fourth-order valence-electron chi connectivity index (χ4n) is 1.43. The van der Waals surface area contributed by atoms with Crippen LogP contribution in [0.15, 0.2) is 35.4 Å². The van der Waals surface area contributed by atoms with Crippen LogP contribution in [0, 0.1) is 0 Å². The molecule has 0 saturated carbocycles. The maximum Gasteiger partial charge on any atom is 0.0703 e. The predicted octanol–water partition coefficient (Wildman–Crippen LogP) is 2.54. The van der Waals surface area contributed by atoms with E-state index in [2.05, 4.69) is 35.9 Å². The van der Waals surface area contributed by atoms with Gasteiger partial charge in [0, 0.05) is 23.5 Å². The van der Waals surface area contributed by atoms with Crippen LogP contribution in [-0.4, -0.2) is 18.0 Å². The molecule has 0 bridgehead atoms. The van der Waals surface area contributed by atoms with Crippen molar-refractivity contribution in [3.8, 4) is 0 Å². The average Bonchev–Trinajstić information content (AvgIpc) is 2.59. The maximum atomic E-state index is 3.11. The summed E-state index contributed by atoms with van der Waals surface area (Å²) in [6, 6.07) is 8.59. The summed E-state index contributed by atoms with van der Waals surface area (Å²) < 4.78 is 2.02. The summed E-state index contributed by atoms with van der Waals surface area (Å²) in [6.45, 7) is 0. The molecule has 1 N–H and O–H groups in total. The Kier molecular flexibility index (Phi) is 2.19. The monoisotopic (exact) mass is 192 g/mol. The highest BCUT2D eigenvalue weighted by molar-refractivity contribution is 7.98. The van der Waals surface area contributed by atoms with Gasteiger partial charge in [-0.05, 0) is 24.5 Å². The first-order valence-corrected chi connectivity index (χ1v) is 5.40. The molecule has 0 aliphatic carbocycles. The molecule has 1 heterocycles. The van der Waals surface area contributed by atoms with Crippen LogP contribution in [0.3, 0.4) is 0 Å². The van der Waals surface area contributed by atoms with Crippen LogP contribution in [-0.2, 0) is 0 Å². The number of fused-ring (bicyclic) bond motifs is 1. The second-order valence-electron chi connectivity index (χ2n) is 2.83. The summed E-state index contributed by atoms with van der Waals surface area (Å²) in [4.78, 5) is 1.29. The Morgan fingerprint density at radius 1 is 1.31 bits per heavy atom. The molecule has 68 valence electrons. The molecule has 3 heteroatoms. The zero-order chi connectivity index (χ0) is 9.26. The number of hydrogen-bond donors (Lipinski definition) is 1.